The number of urea groups is 1. The molecule has 3 fully saturated rings. The third kappa shape index (κ3) is 17.2. The molecule has 452 valence electrons. The van der Waals surface area contributed by atoms with Gasteiger partial charge in [-0.15, -0.1) is 0 Å². The molecule has 1 aromatic rings. The fraction of sp³-hybridized carbons (Fsp3) is 0.759. The van der Waals surface area contributed by atoms with Gasteiger partial charge < -0.3 is 70.9 Å². The third-order valence-electron chi connectivity index (χ3n) is 16.9. The van der Waals surface area contributed by atoms with Crippen LogP contribution in [0.5, 0.6) is 0 Å². The normalized spacial score (nSPS) is 22.8. The number of alkyl carbamates (subject to hydrolysis) is 1. The Bertz CT molecular complexity index is 2300. The lowest BCUT2D eigenvalue weighted by atomic mass is 9.89. The average Bonchev–Trinajstić information content (AvgIpc) is 4.21. The zero-order chi connectivity index (χ0) is 60.0. The molecule has 2 saturated heterocycles. The first kappa shape index (κ1) is 66.9. The van der Waals surface area contributed by atoms with Gasteiger partial charge in [-0.1, -0.05) is 54.0 Å². The van der Waals surface area contributed by atoms with E-state index in [0.717, 1.165) is 36.8 Å². The lowest BCUT2D eigenvalue weighted by molar-refractivity contribution is -0.952. The fourth-order valence-electron chi connectivity index (χ4n) is 12.5. The molecule has 2 aliphatic heterocycles. The van der Waals surface area contributed by atoms with Crippen LogP contribution in [-0.4, -0.2) is 178 Å². The number of nitrogens with two attached hydrogens (primary N) is 1. The molecule has 2 bridgehead atoms. The lowest BCUT2D eigenvalue weighted by Gasteiger charge is -2.45. The van der Waals surface area contributed by atoms with Crippen LogP contribution in [0.3, 0.4) is 0 Å². The fourth-order valence-corrected chi connectivity index (χ4v) is 12.5. The Morgan fingerprint density at radius 1 is 0.875 bits per heavy atom. The number of benzene rings is 1. The molecule has 13 atom stereocenters. The highest BCUT2D eigenvalue weighted by atomic mass is 16.6. The second-order valence-corrected chi connectivity index (χ2v) is 24.4. The number of likely N-dealkylation sites (tertiary alicyclic amines) is 2. The molecule has 2 heterocycles. The van der Waals surface area contributed by atoms with E-state index in [-0.39, 0.29) is 72.9 Å². The SMILES string of the molecule is CCC(C)C(C(CC(=O)N1CCC[C@H]1C(OC)C(C)C(=O)OC)OC)N(C)C(=O)C(NC(=O)[C@@H]1[C@H]2CC[C@H](C2)[N+]1(C)Cc1ccc(NC(=O)C(CCCNC(N)=O)NC(=O)C(NC(=O)OC(C)(C)C)C(C)C)cc1CNC)C(C)C. The number of carbonyl (C=O) groups excluding carboxylic acids is 8. The van der Waals surface area contributed by atoms with E-state index < -0.39 is 83.8 Å². The predicted octanol–water partition coefficient (Wildman–Crippen LogP) is 4.56. The van der Waals surface area contributed by atoms with Crippen molar-refractivity contribution in [2.24, 2.45) is 35.3 Å². The number of fused-ring (bicyclic) bond motifs is 2. The first-order valence-electron chi connectivity index (χ1n) is 28.8. The number of nitrogens with one attached hydrogen (secondary N) is 6. The highest BCUT2D eigenvalue weighted by Crippen LogP contribution is 2.48. The monoisotopic (exact) mass is 1130 g/mol. The second kappa shape index (κ2) is 29.9. The van der Waals surface area contributed by atoms with E-state index in [0.29, 0.717) is 49.1 Å². The van der Waals surface area contributed by atoms with Gasteiger partial charge in [0.1, 0.15) is 30.3 Å². The summed E-state index contributed by atoms with van der Waals surface area (Å²) in [5.74, 6) is -3.34. The van der Waals surface area contributed by atoms with Crippen molar-refractivity contribution in [3.05, 3.63) is 29.3 Å². The molecular formula is C58H99N10O12+. The maximum Gasteiger partial charge on any atom is 0.408 e. The van der Waals surface area contributed by atoms with Gasteiger partial charge in [0, 0.05) is 64.5 Å². The van der Waals surface area contributed by atoms with Gasteiger partial charge in [-0.2, -0.15) is 0 Å². The Hall–Kier alpha value is -5.58. The van der Waals surface area contributed by atoms with Crippen molar-refractivity contribution >= 4 is 53.3 Å². The number of methoxy groups -OCH3 is 3. The molecule has 22 heteroatoms. The smallest absolute Gasteiger partial charge is 0.408 e. The molecule has 9 unspecified atom stereocenters. The number of quaternary nitrogens is 1. The number of hydrogen-bond donors (Lipinski definition) is 7. The Kier molecular flexibility index (Phi) is 25.0. The summed E-state index contributed by atoms with van der Waals surface area (Å²) in [6.07, 6.45) is 3.25. The number of hydrogen-bond acceptors (Lipinski definition) is 13. The predicted molar refractivity (Wildman–Crippen MR) is 304 cm³/mol. The molecule has 1 aliphatic carbocycles. The van der Waals surface area contributed by atoms with Gasteiger partial charge in [-0.05, 0) is 109 Å². The molecule has 0 aromatic heterocycles. The summed E-state index contributed by atoms with van der Waals surface area (Å²) in [5.41, 5.74) is 6.84. The molecule has 0 spiro atoms. The summed E-state index contributed by atoms with van der Waals surface area (Å²) in [4.78, 5) is 112. The number of ether oxygens (including phenoxy) is 4. The number of rotatable bonds is 29. The standard InChI is InChI=1S/C58H98N10O12/c1-17-35(6)48(44(77-14)30-45(69)67-27-19-21-43(67)50(78-15)36(7)55(74)79-16)66(12)54(73)47(34(4)5)64-53(72)49-37-23-25-41(29-37)68(49,13)32-38-22-24-40(28-39(38)31-60-11)62-51(70)42(20-18-26-61-56(59)75)63-52(71)46(33(2)3)65-57(76)80-58(8,9)10/h22,24,28,33-37,41-44,46-50,60H,17-21,23,25-27,29-32H2,1-16H3,(H6-,59,61,62,63,64,65,70,71,72,75,76)/p+1/t35?,36?,37-,41+,42?,43-,44?,46?,47?,48?,49-,50?,68?/m0/s1. The first-order valence-corrected chi connectivity index (χ1v) is 28.8. The second-order valence-electron chi connectivity index (χ2n) is 24.4. The van der Waals surface area contributed by atoms with Gasteiger partial charge in [-0.3, -0.25) is 28.8 Å². The van der Waals surface area contributed by atoms with E-state index in [1.54, 1.807) is 71.6 Å². The molecule has 0 radical (unpaired) electrons. The highest BCUT2D eigenvalue weighted by molar-refractivity contribution is 5.98. The largest absolute Gasteiger partial charge is 0.469 e. The molecule has 8 N–H and O–H groups in total. The number of esters is 1. The van der Waals surface area contributed by atoms with Crippen molar-refractivity contribution in [1.29, 1.82) is 0 Å². The number of primary amides is 1. The maximum absolute atomic E-state index is 15.0. The zero-order valence-electron chi connectivity index (χ0n) is 50.8. The van der Waals surface area contributed by atoms with Crippen LogP contribution in [0.4, 0.5) is 15.3 Å². The summed E-state index contributed by atoms with van der Waals surface area (Å²) in [6.45, 7) is 19.9. The topological polar surface area (TPSA) is 278 Å². The van der Waals surface area contributed by atoms with Crippen molar-refractivity contribution in [3.8, 4) is 0 Å². The minimum atomic E-state index is -1.06. The van der Waals surface area contributed by atoms with Gasteiger partial charge in [0.05, 0.1) is 56.8 Å². The Balaban J connectivity index is 1.56. The van der Waals surface area contributed by atoms with Gasteiger partial charge in [0.2, 0.25) is 23.6 Å². The van der Waals surface area contributed by atoms with Crippen LogP contribution < -0.4 is 37.6 Å². The van der Waals surface area contributed by atoms with Gasteiger partial charge in [0.15, 0.2) is 6.04 Å². The van der Waals surface area contributed by atoms with Crippen molar-refractivity contribution in [2.45, 2.75) is 200 Å². The zero-order valence-corrected chi connectivity index (χ0v) is 50.8. The van der Waals surface area contributed by atoms with E-state index in [1.807, 2.05) is 46.9 Å². The quantitative estimate of drug-likeness (QED) is 0.0330. The van der Waals surface area contributed by atoms with Crippen LogP contribution in [0, 0.1) is 29.6 Å². The van der Waals surface area contributed by atoms with Crippen LogP contribution in [0.15, 0.2) is 18.2 Å². The van der Waals surface area contributed by atoms with Crippen molar-refractivity contribution in [2.75, 3.05) is 60.9 Å². The van der Waals surface area contributed by atoms with E-state index in [4.69, 9.17) is 24.7 Å². The minimum Gasteiger partial charge on any atom is -0.469 e. The number of nitrogens with zero attached hydrogens (tertiary/aromatic N) is 3. The van der Waals surface area contributed by atoms with E-state index in [2.05, 4.69) is 38.9 Å². The summed E-state index contributed by atoms with van der Waals surface area (Å²) in [5, 5.41) is 17.5. The molecule has 1 aromatic carbocycles. The number of amides is 8. The van der Waals surface area contributed by atoms with Crippen LogP contribution >= 0.6 is 0 Å². The summed E-state index contributed by atoms with van der Waals surface area (Å²) in [6, 6.07) is 0.860. The van der Waals surface area contributed by atoms with E-state index in [9.17, 15) is 33.6 Å². The number of piperidine rings is 1. The number of carbonyl (C=O) groups is 8. The Morgan fingerprint density at radius 2 is 1.55 bits per heavy atom. The van der Waals surface area contributed by atoms with E-state index in [1.165, 1.54) is 14.2 Å². The summed E-state index contributed by atoms with van der Waals surface area (Å²) in [7, 11) is 10.1. The molecule has 3 aliphatic rings. The third-order valence-corrected chi connectivity index (χ3v) is 16.9. The summed E-state index contributed by atoms with van der Waals surface area (Å²) >= 11 is 0. The van der Waals surface area contributed by atoms with Crippen molar-refractivity contribution in [1.82, 2.24) is 36.4 Å². The summed E-state index contributed by atoms with van der Waals surface area (Å²) < 4.78 is 22.8. The van der Waals surface area contributed by atoms with Crippen molar-refractivity contribution < 1.29 is 61.8 Å². The maximum atomic E-state index is 15.0. The lowest BCUT2D eigenvalue weighted by Crippen LogP contribution is -2.64. The van der Waals surface area contributed by atoms with Crippen LogP contribution in [-0.2, 0) is 60.8 Å². The minimum absolute atomic E-state index is 0.00294. The molecular weight excluding hydrogens is 1030 g/mol. The van der Waals surface area contributed by atoms with Crippen LogP contribution in [0.2, 0.25) is 0 Å². The number of anilines is 1. The Morgan fingerprint density at radius 3 is 2.12 bits per heavy atom. The Labute approximate surface area is 475 Å². The molecule has 22 nitrogen and oxygen atoms in total. The van der Waals surface area contributed by atoms with E-state index >= 15 is 4.79 Å². The van der Waals surface area contributed by atoms with Crippen LogP contribution in [0.1, 0.15) is 138 Å². The molecule has 4 rings (SSSR count). The average molecular weight is 1130 g/mol. The molecule has 1 saturated carbocycles. The van der Waals surface area contributed by atoms with Crippen LogP contribution in [0.25, 0.3) is 0 Å². The van der Waals surface area contributed by atoms with Crippen molar-refractivity contribution in [3.63, 3.8) is 0 Å². The molecule has 80 heavy (non-hydrogen) atoms. The molecule has 8 amide bonds. The first-order chi connectivity index (χ1) is 37.6. The number of likely N-dealkylation sites (N-methyl/N-ethyl adjacent to an activating group) is 2. The van der Waals surface area contributed by atoms with Gasteiger partial charge >= 0.3 is 18.1 Å². The highest BCUT2D eigenvalue weighted by Gasteiger charge is 2.60. The van der Waals surface area contributed by atoms with Gasteiger partial charge in [0.25, 0.3) is 5.91 Å². The van der Waals surface area contributed by atoms with Gasteiger partial charge in [-0.25, -0.2) is 9.59 Å².